The van der Waals surface area contributed by atoms with Gasteiger partial charge in [0.1, 0.15) is 36.6 Å². The van der Waals surface area contributed by atoms with Gasteiger partial charge < -0.3 is 28.4 Å². The lowest BCUT2D eigenvalue weighted by molar-refractivity contribution is -0.0657. The van der Waals surface area contributed by atoms with Crippen molar-refractivity contribution in [2.45, 2.75) is 63.1 Å². The van der Waals surface area contributed by atoms with Gasteiger partial charge in [-0.25, -0.2) is 0 Å². The Bertz CT molecular complexity index is 1470. The van der Waals surface area contributed by atoms with Crippen LogP contribution in [-0.4, -0.2) is 49.8 Å². The molecule has 0 spiro atoms. The van der Waals surface area contributed by atoms with E-state index in [9.17, 15) is 0 Å². The highest BCUT2D eigenvalue weighted by molar-refractivity contribution is 5.31. The second kappa shape index (κ2) is 16.9. The summed E-state index contributed by atoms with van der Waals surface area (Å²) >= 11 is 0. The molecular weight excluding hydrogens is 576 g/mol. The van der Waals surface area contributed by atoms with Crippen molar-refractivity contribution < 1.29 is 28.4 Å². The number of hydrogen-bond acceptors (Lipinski definition) is 6. The highest BCUT2D eigenvalue weighted by Crippen LogP contribution is 2.24. The van der Waals surface area contributed by atoms with E-state index in [0.29, 0.717) is 39.6 Å². The van der Waals surface area contributed by atoms with Gasteiger partial charge in [-0.1, -0.05) is 133 Å². The lowest BCUT2D eigenvalue weighted by atomic mass is 10.1. The molecule has 0 radical (unpaired) electrons. The lowest BCUT2D eigenvalue weighted by Gasteiger charge is -2.21. The van der Waals surface area contributed by atoms with Gasteiger partial charge in [0, 0.05) is 0 Å². The van der Waals surface area contributed by atoms with Crippen LogP contribution >= 0.6 is 0 Å². The molecule has 0 amide bonds. The van der Waals surface area contributed by atoms with Gasteiger partial charge in [-0.2, -0.15) is 0 Å². The molecule has 2 heterocycles. The van der Waals surface area contributed by atoms with Crippen molar-refractivity contribution in [3.63, 3.8) is 0 Å². The Hall–Kier alpha value is -4.24. The van der Waals surface area contributed by atoms with Crippen LogP contribution in [0, 0.1) is 23.7 Å². The smallest absolute Gasteiger partial charge is 0.148 e. The van der Waals surface area contributed by atoms with Gasteiger partial charge in [0.25, 0.3) is 0 Å². The van der Waals surface area contributed by atoms with E-state index in [1.807, 2.05) is 121 Å². The Labute approximate surface area is 271 Å². The van der Waals surface area contributed by atoms with Gasteiger partial charge in [0.15, 0.2) is 0 Å². The fourth-order valence-electron chi connectivity index (χ4n) is 5.39. The van der Waals surface area contributed by atoms with E-state index in [1.54, 1.807) is 0 Å². The van der Waals surface area contributed by atoms with E-state index >= 15 is 0 Å². The quantitative estimate of drug-likeness (QED) is 0.179. The normalized spacial score (nSPS) is 23.7. The van der Waals surface area contributed by atoms with Crippen LogP contribution in [0.1, 0.15) is 22.3 Å². The number of hydrogen-bond donors (Lipinski definition) is 0. The summed E-state index contributed by atoms with van der Waals surface area (Å²) in [6.07, 6.45) is -2.19. The van der Waals surface area contributed by atoms with Crippen molar-refractivity contribution >= 4 is 0 Å². The highest BCUT2D eigenvalue weighted by atomic mass is 16.6. The molecular formula is C40H38O6. The fraction of sp³-hybridized carbons (Fsp3) is 0.300. The first-order chi connectivity index (χ1) is 22.8. The SMILES string of the molecule is C(C#C[C@@H]1OC[C@@H](OCc2ccccc2)[C@H]1OCc1ccccc1)#C[C@@H]1OC[C@@H](OCc2ccccc2)[C@H]1OCc1ccccc1. The summed E-state index contributed by atoms with van der Waals surface area (Å²) < 4.78 is 37.3. The number of ether oxygens (including phenoxy) is 6. The Balaban J connectivity index is 1.11. The molecule has 4 aromatic carbocycles. The summed E-state index contributed by atoms with van der Waals surface area (Å²) in [5.41, 5.74) is 4.34. The average Bonchev–Trinajstić information content (AvgIpc) is 3.70. The average molecular weight is 615 g/mol. The second-order valence-corrected chi connectivity index (χ2v) is 11.2. The Morgan fingerprint density at radius 1 is 0.435 bits per heavy atom. The van der Waals surface area contributed by atoms with Gasteiger partial charge in [0.05, 0.1) is 39.6 Å². The molecule has 6 nitrogen and oxygen atoms in total. The molecule has 0 bridgehead atoms. The molecule has 6 rings (SSSR count). The summed E-state index contributed by atoms with van der Waals surface area (Å²) in [7, 11) is 0. The minimum absolute atomic E-state index is 0.257. The van der Waals surface area contributed by atoms with E-state index in [2.05, 4.69) is 23.7 Å². The van der Waals surface area contributed by atoms with Crippen molar-refractivity contribution in [2.75, 3.05) is 13.2 Å². The van der Waals surface area contributed by atoms with Crippen LogP contribution in [0.4, 0.5) is 0 Å². The van der Waals surface area contributed by atoms with Crippen molar-refractivity contribution in [3.8, 4) is 23.7 Å². The van der Waals surface area contributed by atoms with Gasteiger partial charge in [0.2, 0.25) is 0 Å². The molecule has 0 aliphatic carbocycles. The molecule has 6 heteroatoms. The summed E-state index contributed by atoms with van der Waals surface area (Å²) in [4.78, 5) is 0. The van der Waals surface area contributed by atoms with Gasteiger partial charge in [-0.15, -0.1) is 0 Å². The molecule has 234 valence electrons. The van der Waals surface area contributed by atoms with Gasteiger partial charge in [-0.05, 0) is 34.1 Å². The lowest BCUT2D eigenvalue weighted by Crippen LogP contribution is -2.34. The van der Waals surface area contributed by atoms with Crippen molar-refractivity contribution in [3.05, 3.63) is 144 Å². The van der Waals surface area contributed by atoms with Crippen LogP contribution in [0.25, 0.3) is 0 Å². The van der Waals surface area contributed by atoms with Crippen LogP contribution in [0.5, 0.6) is 0 Å². The third-order valence-corrected chi connectivity index (χ3v) is 7.89. The van der Waals surface area contributed by atoms with E-state index in [0.717, 1.165) is 22.3 Å². The first-order valence-electron chi connectivity index (χ1n) is 15.7. The standard InChI is InChI=1S/C40H38O6/c1-5-15-31(16-6-1)25-41-37-29-43-35(39(37)45-27-33-19-9-3-10-20-33)23-13-14-24-36-40(46-28-34-21-11-4-12-22-34)38(30-44-36)42-26-32-17-7-2-8-18-32/h1-12,15-22,35-40H,25-30H2/t35-,36-,37+,38+,39-,40-/m0/s1. The van der Waals surface area contributed by atoms with Crippen molar-refractivity contribution in [1.82, 2.24) is 0 Å². The van der Waals surface area contributed by atoms with Gasteiger partial charge in [-0.3, -0.25) is 0 Å². The molecule has 2 aliphatic rings. The molecule has 2 fully saturated rings. The fourth-order valence-corrected chi connectivity index (χ4v) is 5.39. The van der Waals surface area contributed by atoms with E-state index in [1.165, 1.54) is 0 Å². The minimum Gasteiger partial charge on any atom is -0.368 e. The third kappa shape index (κ3) is 9.16. The summed E-state index contributed by atoms with van der Waals surface area (Å²) in [5, 5.41) is 0. The molecule has 46 heavy (non-hydrogen) atoms. The zero-order chi connectivity index (χ0) is 31.2. The molecule has 6 atom stereocenters. The van der Waals surface area contributed by atoms with Crippen LogP contribution < -0.4 is 0 Å². The number of benzene rings is 4. The topological polar surface area (TPSA) is 55.4 Å². The summed E-state index contributed by atoms with van der Waals surface area (Å²) in [5.74, 6) is 12.3. The maximum Gasteiger partial charge on any atom is 0.148 e. The Morgan fingerprint density at radius 2 is 0.739 bits per heavy atom. The predicted octanol–water partition coefficient (Wildman–Crippen LogP) is 6.13. The molecule has 0 N–H and O–H groups in total. The van der Waals surface area contributed by atoms with E-state index < -0.39 is 12.2 Å². The predicted molar refractivity (Wildman–Crippen MR) is 175 cm³/mol. The first kappa shape index (κ1) is 31.7. The molecule has 0 saturated carbocycles. The molecule has 2 saturated heterocycles. The van der Waals surface area contributed by atoms with Gasteiger partial charge >= 0.3 is 0 Å². The first-order valence-corrected chi connectivity index (χ1v) is 15.7. The monoisotopic (exact) mass is 614 g/mol. The van der Waals surface area contributed by atoms with Crippen LogP contribution in [0.2, 0.25) is 0 Å². The third-order valence-electron chi connectivity index (χ3n) is 7.89. The maximum absolute atomic E-state index is 6.34. The molecule has 0 unspecified atom stereocenters. The zero-order valence-corrected chi connectivity index (χ0v) is 25.7. The zero-order valence-electron chi connectivity index (χ0n) is 25.7. The van der Waals surface area contributed by atoms with Crippen molar-refractivity contribution in [1.29, 1.82) is 0 Å². The largest absolute Gasteiger partial charge is 0.368 e. The van der Waals surface area contributed by atoms with Crippen LogP contribution in [0.15, 0.2) is 121 Å². The second-order valence-electron chi connectivity index (χ2n) is 11.2. The Kier molecular flexibility index (Phi) is 11.7. The molecule has 4 aromatic rings. The molecule has 2 aliphatic heterocycles. The van der Waals surface area contributed by atoms with E-state index in [4.69, 9.17) is 28.4 Å². The summed E-state index contributed by atoms with van der Waals surface area (Å²) in [6.45, 7) is 2.59. The highest BCUT2D eigenvalue weighted by Gasteiger charge is 2.39. The Morgan fingerprint density at radius 3 is 1.07 bits per heavy atom. The molecule has 0 aromatic heterocycles. The summed E-state index contributed by atoms with van der Waals surface area (Å²) in [6, 6.07) is 40.3. The van der Waals surface area contributed by atoms with E-state index in [-0.39, 0.29) is 24.4 Å². The van der Waals surface area contributed by atoms with Crippen molar-refractivity contribution in [2.24, 2.45) is 0 Å². The maximum atomic E-state index is 6.34. The minimum atomic E-state index is -0.477. The number of rotatable bonds is 12. The van der Waals surface area contributed by atoms with Crippen LogP contribution in [0.3, 0.4) is 0 Å². The van der Waals surface area contributed by atoms with Crippen LogP contribution in [-0.2, 0) is 54.8 Å².